The van der Waals surface area contributed by atoms with Crippen LogP contribution in [-0.4, -0.2) is 13.1 Å². The van der Waals surface area contributed by atoms with Gasteiger partial charge in [-0.05, 0) is 25.4 Å². The topological polar surface area (TPSA) is 12.0 Å². The zero-order valence-corrected chi connectivity index (χ0v) is 5.61. The van der Waals surface area contributed by atoms with Crippen molar-refractivity contribution in [2.75, 3.05) is 13.1 Å². The van der Waals surface area contributed by atoms with E-state index in [0.717, 1.165) is 5.92 Å². The van der Waals surface area contributed by atoms with Crippen molar-refractivity contribution in [2.24, 2.45) is 5.92 Å². The first-order chi connectivity index (χ1) is 3.93. The van der Waals surface area contributed by atoms with Crippen LogP contribution in [0.5, 0.6) is 0 Å². The first-order valence-corrected chi connectivity index (χ1v) is 3.64. The van der Waals surface area contributed by atoms with Gasteiger partial charge < -0.3 is 5.32 Å². The molecule has 8 heavy (non-hydrogen) atoms. The molecule has 0 bridgehead atoms. The van der Waals surface area contributed by atoms with Crippen LogP contribution in [0.15, 0.2) is 0 Å². The Morgan fingerprint density at radius 1 is 1.50 bits per heavy atom. The van der Waals surface area contributed by atoms with Crippen LogP contribution in [0.25, 0.3) is 0 Å². The van der Waals surface area contributed by atoms with Crippen molar-refractivity contribution in [2.45, 2.75) is 26.2 Å². The quantitative estimate of drug-likeness (QED) is 0.583. The van der Waals surface area contributed by atoms with Gasteiger partial charge in [-0.2, -0.15) is 0 Å². The Morgan fingerprint density at radius 2 is 2.25 bits per heavy atom. The highest BCUT2D eigenvalue weighted by molar-refractivity contribution is 4.73. The van der Waals surface area contributed by atoms with Crippen molar-refractivity contribution in [3.05, 3.63) is 0 Å². The third kappa shape index (κ3) is 1.48. The van der Waals surface area contributed by atoms with Crippen LogP contribution < -0.4 is 5.32 Å². The van der Waals surface area contributed by atoms with Crippen LogP contribution in [0.1, 0.15) is 26.2 Å². The van der Waals surface area contributed by atoms with Gasteiger partial charge in [-0.1, -0.05) is 19.8 Å². The molecule has 0 aromatic carbocycles. The fraction of sp³-hybridized carbons (Fsp3) is 1.00. The Bertz CT molecular complexity index is 57.4. The van der Waals surface area contributed by atoms with E-state index in [2.05, 4.69) is 12.2 Å². The maximum absolute atomic E-state index is 3.27. The number of unbranched alkanes of at least 4 members (excludes halogenated alkanes) is 1. The maximum atomic E-state index is 3.27. The average Bonchev–Trinajstić information content (AvgIpc) is 1.63. The summed E-state index contributed by atoms with van der Waals surface area (Å²) < 4.78 is 0. The lowest BCUT2D eigenvalue weighted by molar-refractivity contribution is 0.319. The molecule has 0 unspecified atom stereocenters. The lowest BCUT2D eigenvalue weighted by atomic mass is 9.97. The standard InChI is InChI=1S/C7H15N/c1-2-3-4-7-5-8-6-7/h7-8H,2-6H2,1H3. The smallest absolute Gasteiger partial charge is 0.000826 e. The molecule has 1 fully saturated rings. The summed E-state index contributed by atoms with van der Waals surface area (Å²) in [5.41, 5.74) is 0. The molecule has 1 N–H and O–H groups in total. The Morgan fingerprint density at radius 3 is 2.62 bits per heavy atom. The third-order valence-corrected chi connectivity index (χ3v) is 1.83. The van der Waals surface area contributed by atoms with E-state index >= 15 is 0 Å². The molecule has 0 atom stereocenters. The van der Waals surface area contributed by atoms with Crippen molar-refractivity contribution in [1.29, 1.82) is 0 Å². The molecular weight excluding hydrogens is 98.1 g/mol. The van der Waals surface area contributed by atoms with Gasteiger partial charge in [0.15, 0.2) is 0 Å². The summed E-state index contributed by atoms with van der Waals surface area (Å²) in [5, 5.41) is 3.27. The summed E-state index contributed by atoms with van der Waals surface area (Å²) in [4.78, 5) is 0. The highest BCUT2D eigenvalue weighted by Crippen LogP contribution is 2.11. The molecule has 1 nitrogen and oxygen atoms in total. The molecule has 0 saturated carbocycles. The van der Waals surface area contributed by atoms with Crippen LogP contribution in [-0.2, 0) is 0 Å². The van der Waals surface area contributed by atoms with E-state index in [-0.39, 0.29) is 0 Å². The van der Waals surface area contributed by atoms with Crippen LogP contribution in [0.4, 0.5) is 0 Å². The van der Waals surface area contributed by atoms with Crippen molar-refractivity contribution in [1.82, 2.24) is 5.32 Å². The Hall–Kier alpha value is -0.0400. The molecule has 0 radical (unpaired) electrons. The molecule has 0 aliphatic carbocycles. The molecule has 0 amide bonds. The summed E-state index contributed by atoms with van der Waals surface area (Å²) in [6.45, 7) is 4.81. The first-order valence-electron chi connectivity index (χ1n) is 3.64. The van der Waals surface area contributed by atoms with Gasteiger partial charge in [0, 0.05) is 0 Å². The molecule has 0 aromatic heterocycles. The summed E-state index contributed by atoms with van der Waals surface area (Å²) in [6.07, 6.45) is 4.23. The minimum Gasteiger partial charge on any atom is -0.316 e. The second-order valence-corrected chi connectivity index (χ2v) is 2.67. The molecule has 48 valence electrons. The van der Waals surface area contributed by atoms with E-state index in [1.807, 2.05) is 0 Å². The molecule has 1 rings (SSSR count). The molecule has 1 heteroatoms. The van der Waals surface area contributed by atoms with E-state index in [9.17, 15) is 0 Å². The molecule has 0 spiro atoms. The van der Waals surface area contributed by atoms with Crippen molar-refractivity contribution < 1.29 is 0 Å². The first kappa shape index (κ1) is 6.09. The van der Waals surface area contributed by atoms with Gasteiger partial charge in [0.25, 0.3) is 0 Å². The molecule has 1 aliphatic heterocycles. The second-order valence-electron chi connectivity index (χ2n) is 2.67. The molecule has 1 saturated heterocycles. The van der Waals surface area contributed by atoms with Crippen LogP contribution in [0.2, 0.25) is 0 Å². The van der Waals surface area contributed by atoms with Crippen molar-refractivity contribution >= 4 is 0 Å². The SMILES string of the molecule is CCCCC1CNC1. The fourth-order valence-electron chi connectivity index (χ4n) is 1.05. The highest BCUT2D eigenvalue weighted by Gasteiger charge is 2.14. The summed E-state index contributed by atoms with van der Waals surface area (Å²) >= 11 is 0. The van der Waals surface area contributed by atoms with Gasteiger partial charge in [0.2, 0.25) is 0 Å². The Labute approximate surface area is 51.5 Å². The molecule has 1 heterocycles. The number of nitrogens with one attached hydrogen (secondary N) is 1. The lowest BCUT2D eigenvalue weighted by Crippen LogP contribution is -2.41. The molecule has 1 aliphatic rings. The largest absolute Gasteiger partial charge is 0.316 e. The Balaban J connectivity index is 1.86. The minimum atomic E-state index is 1.02. The minimum absolute atomic E-state index is 1.02. The zero-order chi connectivity index (χ0) is 5.82. The second kappa shape index (κ2) is 3.08. The van der Waals surface area contributed by atoms with Gasteiger partial charge in [-0.3, -0.25) is 0 Å². The van der Waals surface area contributed by atoms with Crippen molar-refractivity contribution in [3.8, 4) is 0 Å². The average molecular weight is 113 g/mol. The third-order valence-electron chi connectivity index (χ3n) is 1.83. The monoisotopic (exact) mass is 113 g/mol. The summed E-state index contributed by atoms with van der Waals surface area (Å²) in [7, 11) is 0. The maximum Gasteiger partial charge on any atom is -0.000826 e. The lowest BCUT2D eigenvalue weighted by Gasteiger charge is -2.26. The van der Waals surface area contributed by atoms with Crippen molar-refractivity contribution in [3.63, 3.8) is 0 Å². The van der Waals surface area contributed by atoms with Crippen LogP contribution in [0.3, 0.4) is 0 Å². The molecular formula is C7H15N. The van der Waals surface area contributed by atoms with Crippen LogP contribution >= 0.6 is 0 Å². The van der Waals surface area contributed by atoms with Gasteiger partial charge in [-0.15, -0.1) is 0 Å². The van der Waals surface area contributed by atoms with Crippen LogP contribution in [0, 0.1) is 5.92 Å². The highest BCUT2D eigenvalue weighted by atomic mass is 14.9. The van der Waals surface area contributed by atoms with E-state index in [0.29, 0.717) is 0 Å². The van der Waals surface area contributed by atoms with Gasteiger partial charge in [0.05, 0.1) is 0 Å². The van der Waals surface area contributed by atoms with Gasteiger partial charge in [-0.25, -0.2) is 0 Å². The Kier molecular flexibility index (Phi) is 2.34. The number of hydrogen-bond acceptors (Lipinski definition) is 1. The van der Waals surface area contributed by atoms with E-state index in [1.54, 1.807) is 0 Å². The van der Waals surface area contributed by atoms with E-state index in [4.69, 9.17) is 0 Å². The summed E-state index contributed by atoms with van der Waals surface area (Å²) in [6, 6.07) is 0. The van der Waals surface area contributed by atoms with Gasteiger partial charge in [0.1, 0.15) is 0 Å². The number of rotatable bonds is 3. The van der Waals surface area contributed by atoms with Gasteiger partial charge >= 0.3 is 0 Å². The van der Waals surface area contributed by atoms with E-state index in [1.165, 1.54) is 32.4 Å². The normalized spacial score (nSPS) is 20.6. The predicted molar refractivity (Wildman–Crippen MR) is 35.9 cm³/mol. The van der Waals surface area contributed by atoms with E-state index < -0.39 is 0 Å². The molecule has 0 aromatic rings. The fourth-order valence-corrected chi connectivity index (χ4v) is 1.05. The predicted octanol–water partition coefficient (Wildman–Crippen LogP) is 1.40. The number of hydrogen-bond donors (Lipinski definition) is 1. The summed E-state index contributed by atoms with van der Waals surface area (Å²) in [5.74, 6) is 1.02. The zero-order valence-electron chi connectivity index (χ0n) is 5.61.